The van der Waals surface area contributed by atoms with Crippen LogP contribution in [0.15, 0.2) is 23.1 Å². The van der Waals surface area contributed by atoms with Crippen molar-refractivity contribution in [1.29, 1.82) is 0 Å². The lowest BCUT2D eigenvalue weighted by Crippen LogP contribution is -2.47. The van der Waals surface area contributed by atoms with Gasteiger partial charge in [-0.3, -0.25) is 14.5 Å². The molecule has 154 valence electrons. The predicted octanol–water partition coefficient (Wildman–Crippen LogP) is 2.17. The highest BCUT2D eigenvalue weighted by atomic mass is 32.2. The lowest BCUT2D eigenvalue weighted by Gasteiger charge is -2.32. The summed E-state index contributed by atoms with van der Waals surface area (Å²) < 4.78 is 11.2. The standard InChI is InChI=1S/C20H23N3O4S2/c1-21-7-9-22(10-8-21)18(24)3-2-6-23-19(25)17(29-20(23)28)12-14-4-5-15-16(11-14)27-13-26-15/h4-5,11-12H,2-3,6-10,13H2,1H3/b17-12-. The Kier molecular flexibility index (Phi) is 6.07. The minimum atomic E-state index is -0.107. The average Bonchev–Trinajstić information content (AvgIpc) is 3.27. The van der Waals surface area contributed by atoms with E-state index in [-0.39, 0.29) is 18.6 Å². The Balaban J connectivity index is 1.32. The van der Waals surface area contributed by atoms with E-state index in [1.807, 2.05) is 29.2 Å². The highest BCUT2D eigenvalue weighted by molar-refractivity contribution is 8.26. The first-order valence-electron chi connectivity index (χ1n) is 9.62. The molecule has 2 amide bonds. The molecule has 0 atom stereocenters. The SMILES string of the molecule is CN1CCN(C(=O)CCCN2C(=O)/C(=C/c3ccc4c(c3)OCO4)SC2=S)CC1. The van der Waals surface area contributed by atoms with Crippen LogP contribution in [0.2, 0.25) is 0 Å². The van der Waals surface area contributed by atoms with Crippen LogP contribution in [0.1, 0.15) is 18.4 Å². The van der Waals surface area contributed by atoms with Gasteiger partial charge in [-0.2, -0.15) is 0 Å². The number of rotatable bonds is 5. The summed E-state index contributed by atoms with van der Waals surface area (Å²) in [5.74, 6) is 1.43. The fourth-order valence-corrected chi connectivity index (χ4v) is 4.76. The van der Waals surface area contributed by atoms with Crippen molar-refractivity contribution in [3.05, 3.63) is 28.7 Å². The number of amides is 2. The van der Waals surface area contributed by atoms with Gasteiger partial charge in [0.05, 0.1) is 4.91 Å². The second-order valence-corrected chi connectivity index (χ2v) is 8.91. The van der Waals surface area contributed by atoms with E-state index < -0.39 is 0 Å². The quantitative estimate of drug-likeness (QED) is 0.521. The molecule has 9 heteroatoms. The van der Waals surface area contributed by atoms with Gasteiger partial charge in [0, 0.05) is 39.1 Å². The summed E-state index contributed by atoms with van der Waals surface area (Å²) in [5.41, 5.74) is 0.861. The Morgan fingerprint density at radius 2 is 1.97 bits per heavy atom. The number of benzene rings is 1. The van der Waals surface area contributed by atoms with E-state index >= 15 is 0 Å². The van der Waals surface area contributed by atoms with Gasteiger partial charge < -0.3 is 19.3 Å². The fraction of sp³-hybridized carbons (Fsp3) is 0.450. The summed E-state index contributed by atoms with van der Waals surface area (Å²) in [6.07, 6.45) is 2.85. The van der Waals surface area contributed by atoms with E-state index in [9.17, 15) is 9.59 Å². The Labute approximate surface area is 179 Å². The number of hydrogen-bond acceptors (Lipinski definition) is 7. The molecular weight excluding hydrogens is 410 g/mol. The van der Waals surface area contributed by atoms with Crippen molar-refractivity contribution < 1.29 is 19.1 Å². The zero-order valence-corrected chi connectivity index (χ0v) is 17.9. The fourth-order valence-electron chi connectivity index (χ4n) is 3.45. The van der Waals surface area contributed by atoms with Gasteiger partial charge in [0.1, 0.15) is 4.32 Å². The molecule has 0 unspecified atom stereocenters. The first-order valence-corrected chi connectivity index (χ1v) is 10.8. The van der Waals surface area contributed by atoms with Crippen molar-refractivity contribution >= 4 is 46.2 Å². The molecule has 4 rings (SSSR count). The largest absolute Gasteiger partial charge is 0.454 e. The van der Waals surface area contributed by atoms with E-state index in [2.05, 4.69) is 11.9 Å². The number of hydrogen-bond donors (Lipinski definition) is 0. The van der Waals surface area contributed by atoms with Gasteiger partial charge in [-0.15, -0.1) is 0 Å². The number of piperazine rings is 1. The first kappa shape index (κ1) is 20.2. The Morgan fingerprint density at radius 3 is 2.76 bits per heavy atom. The number of ether oxygens (including phenoxy) is 2. The van der Waals surface area contributed by atoms with Crippen molar-refractivity contribution in [3.63, 3.8) is 0 Å². The topological polar surface area (TPSA) is 62.3 Å². The molecule has 0 saturated carbocycles. The van der Waals surface area contributed by atoms with Crippen LogP contribution in [0.25, 0.3) is 6.08 Å². The second-order valence-electron chi connectivity index (χ2n) is 7.23. The number of thiocarbonyl (C=S) groups is 1. The number of nitrogens with zero attached hydrogens (tertiary/aromatic N) is 3. The second kappa shape index (κ2) is 8.73. The molecule has 29 heavy (non-hydrogen) atoms. The first-order chi connectivity index (χ1) is 14.0. The zero-order chi connectivity index (χ0) is 20.4. The molecule has 3 aliphatic heterocycles. The van der Waals surface area contributed by atoms with E-state index in [1.165, 1.54) is 11.8 Å². The molecule has 2 saturated heterocycles. The van der Waals surface area contributed by atoms with Gasteiger partial charge in [0.2, 0.25) is 12.7 Å². The maximum Gasteiger partial charge on any atom is 0.266 e. The Morgan fingerprint density at radius 1 is 1.21 bits per heavy atom. The van der Waals surface area contributed by atoms with E-state index in [0.717, 1.165) is 31.7 Å². The molecule has 2 fully saturated rings. The molecule has 0 aliphatic carbocycles. The summed E-state index contributed by atoms with van der Waals surface area (Å²) in [5, 5.41) is 0. The summed E-state index contributed by atoms with van der Waals surface area (Å²) >= 11 is 6.68. The third-order valence-corrected chi connectivity index (χ3v) is 6.57. The van der Waals surface area contributed by atoms with Crippen molar-refractivity contribution in [2.45, 2.75) is 12.8 Å². The van der Waals surface area contributed by atoms with Crippen LogP contribution in [0.3, 0.4) is 0 Å². The molecule has 3 heterocycles. The molecule has 0 N–H and O–H groups in total. The van der Waals surface area contributed by atoms with Crippen LogP contribution >= 0.6 is 24.0 Å². The summed E-state index contributed by atoms with van der Waals surface area (Å²) in [7, 11) is 2.06. The van der Waals surface area contributed by atoms with Crippen molar-refractivity contribution in [2.24, 2.45) is 0 Å². The van der Waals surface area contributed by atoms with E-state index in [1.54, 1.807) is 4.90 Å². The van der Waals surface area contributed by atoms with Crippen molar-refractivity contribution in [3.8, 4) is 11.5 Å². The molecule has 1 aromatic carbocycles. The lowest BCUT2D eigenvalue weighted by molar-refractivity contribution is -0.133. The summed E-state index contributed by atoms with van der Waals surface area (Å²) in [6.45, 7) is 4.04. The predicted molar refractivity (Wildman–Crippen MR) is 116 cm³/mol. The molecular formula is C20H23N3O4S2. The maximum absolute atomic E-state index is 12.8. The monoisotopic (exact) mass is 433 g/mol. The summed E-state index contributed by atoms with van der Waals surface area (Å²) in [6, 6.07) is 5.57. The number of likely N-dealkylation sites (N-methyl/N-ethyl adjacent to an activating group) is 1. The van der Waals surface area contributed by atoms with Crippen LogP contribution < -0.4 is 9.47 Å². The van der Waals surface area contributed by atoms with Gasteiger partial charge >= 0.3 is 0 Å². The minimum Gasteiger partial charge on any atom is -0.454 e. The highest BCUT2D eigenvalue weighted by Crippen LogP contribution is 2.36. The average molecular weight is 434 g/mol. The smallest absolute Gasteiger partial charge is 0.266 e. The summed E-state index contributed by atoms with van der Waals surface area (Å²) in [4.78, 5) is 31.4. The van der Waals surface area contributed by atoms with Crippen LogP contribution in [0.5, 0.6) is 11.5 Å². The van der Waals surface area contributed by atoms with E-state index in [4.69, 9.17) is 21.7 Å². The normalized spacial score (nSPS) is 20.8. The number of carbonyl (C=O) groups excluding carboxylic acids is 2. The minimum absolute atomic E-state index is 0.107. The van der Waals surface area contributed by atoms with Gasteiger partial charge in [0.15, 0.2) is 11.5 Å². The van der Waals surface area contributed by atoms with Gasteiger partial charge in [-0.05, 0) is 37.2 Å². The van der Waals surface area contributed by atoms with Crippen LogP contribution in [0.4, 0.5) is 0 Å². The van der Waals surface area contributed by atoms with Crippen molar-refractivity contribution in [1.82, 2.24) is 14.7 Å². The third kappa shape index (κ3) is 4.57. The molecule has 0 spiro atoms. The molecule has 0 radical (unpaired) electrons. The van der Waals surface area contributed by atoms with Gasteiger partial charge in [0.25, 0.3) is 5.91 Å². The number of fused-ring (bicyclic) bond motifs is 1. The Hall–Kier alpha value is -2.10. The van der Waals surface area contributed by atoms with Crippen LogP contribution in [-0.4, -0.2) is 77.4 Å². The molecule has 3 aliphatic rings. The number of thioether (sulfide) groups is 1. The molecule has 0 aromatic heterocycles. The zero-order valence-electron chi connectivity index (χ0n) is 16.3. The van der Waals surface area contributed by atoms with Crippen LogP contribution in [0, 0.1) is 0 Å². The van der Waals surface area contributed by atoms with Gasteiger partial charge in [-0.25, -0.2) is 0 Å². The van der Waals surface area contributed by atoms with Crippen LogP contribution in [-0.2, 0) is 9.59 Å². The van der Waals surface area contributed by atoms with Gasteiger partial charge in [-0.1, -0.05) is 30.0 Å². The maximum atomic E-state index is 12.8. The lowest BCUT2D eigenvalue weighted by atomic mass is 10.2. The molecule has 7 nitrogen and oxygen atoms in total. The molecule has 1 aromatic rings. The molecule has 0 bridgehead atoms. The van der Waals surface area contributed by atoms with Crippen molar-refractivity contribution in [2.75, 3.05) is 46.6 Å². The third-order valence-electron chi connectivity index (χ3n) is 5.20. The van der Waals surface area contributed by atoms with E-state index in [0.29, 0.717) is 40.1 Å². The number of carbonyl (C=O) groups is 2. The highest BCUT2D eigenvalue weighted by Gasteiger charge is 2.32. The Bertz CT molecular complexity index is 865.